The Hall–Kier alpha value is -2.40. The highest BCUT2D eigenvalue weighted by Gasteiger charge is 2.10. The molecule has 100 valence electrons. The molecule has 2 N–H and O–H groups in total. The molecule has 0 aliphatic heterocycles. The molecule has 2 aromatic heterocycles. The molecule has 0 aliphatic rings. The zero-order valence-electron chi connectivity index (χ0n) is 10.3. The van der Waals surface area contributed by atoms with Crippen LogP contribution in [0.25, 0.3) is 16.9 Å². The summed E-state index contributed by atoms with van der Waals surface area (Å²) >= 11 is 5.66. The zero-order valence-corrected chi connectivity index (χ0v) is 11.0. The van der Waals surface area contributed by atoms with Crippen molar-refractivity contribution in [2.75, 3.05) is 5.73 Å². The van der Waals surface area contributed by atoms with E-state index in [1.807, 2.05) is 12.1 Å². The Balaban J connectivity index is 2.06. The highest BCUT2D eigenvalue weighted by Crippen LogP contribution is 2.25. The van der Waals surface area contributed by atoms with Crippen LogP contribution in [-0.4, -0.2) is 14.8 Å². The van der Waals surface area contributed by atoms with Crippen LogP contribution in [0.3, 0.4) is 0 Å². The minimum absolute atomic E-state index is 0.0724. The Kier molecular flexibility index (Phi) is 3.12. The maximum atomic E-state index is 13.5. The van der Waals surface area contributed by atoms with Crippen molar-refractivity contribution in [3.8, 4) is 16.9 Å². The first-order valence-electron chi connectivity index (χ1n) is 5.86. The van der Waals surface area contributed by atoms with Crippen molar-refractivity contribution in [1.82, 2.24) is 14.8 Å². The lowest BCUT2D eigenvalue weighted by molar-refractivity contribution is 0.626. The average Bonchev–Trinajstić information content (AvgIpc) is 2.85. The van der Waals surface area contributed by atoms with Crippen molar-refractivity contribution >= 4 is 17.3 Å². The Labute approximate surface area is 119 Å². The predicted octanol–water partition coefficient (Wildman–Crippen LogP) is 3.31. The van der Waals surface area contributed by atoms with Gasteiger partial charge in [0.05, 0.1) is 22.6 Å². The number of halogens is 2. The Morgan fingerprint density at radius 1 is 1.15 bits per heavy atom. The van der Waals surface area contributed by atoms with Crippen molar-refractivity contribution in [2.45, 2.75) is 0 Å². The van der Waals surface area contributed by atoms with Crippen LogP contribution in [0.2, 0.25) is 5.02 Å². The third-order valence-electron chi connectivity index (χ3n) is 2.86. The summed E-state index contributed by atoms with van der Waals surface area (Å²) in [5.74, 6) is -0.497. The molecular weight excluding hydrogens is 279 g/mol. The summed E-state index contributed by atoms with van der Waals surface area (Å²) in [5.41, 5.74) is 8.50. The number of aromatic nitrogens is 3. The highest BCUT2D eigenvalue weighted by molar-refractivity contribution is 6.30. The molecule has 0 fully saturated rings. The van der Waals surface area contributed by atoms with Crippen molar-refractivity contribution in [3.05, 3.63) is 59.8 Å². The van der Waals surface area contributed by atoms with Crippen LogP contribution in [0.5, 0.6) is 0 Å². The molecule has 0 saturated heterocycles. The van der Waals surface area contributed by atoms with E-state index in [2.05, 4.69) is 10.1 Å². The molecule has 4 nitrogen and oxygen atoms in total. The fraction of sp³-hybridized carbons (Fsp3) is 0. The normalized spacial score (nSPS) is 10.7. The smallest absolute Gasteiger partial charge is 0.143 e. The lowest BCUT2D eigenvalue weighted by Crippen LogP contribution is -1.95. The average molecular weight is 289 g/mol. The summed E-state index contributed by atoms with van der Waals surface area (Å²) in [7, 11) is 0. The van der Waals surface area contributed by atoms with Crippen LogP contribution >= 0.6 is 11.6 Å². The standard InChI is InChI=1S/C14H10ClFN4/c15-11-2-1-10(7-12(11)16)20-8-13(17)14(19-20)9-3-5-18-6-4-9/h1-8H,17H2. The van der Waals surface area contributed by atoms with Gasteiger partial charge in [0.1, 0.15) is 11.5 Å². The summed E-state index contributed by atoms with van der Waals surface area (Å²) in [6.07, 6.45) is 4.96. The summed E-state index contributed by atoms with van der Waals surface area (Å²) in [6.45, 7) is 0. The molecule has 2 heterocycles. The van der Waals surface area contributed by atoms with E-state index in [-0.39, 0.29) is 5.02 Å². The maximum absolute atomic E-state index is 13.5. The molecule has 20 heavy (non-hydrogen) atoms. The molecule has 6 heteroatoms. The molecule has 0 aliphatic carbocycles. The van der Waals surface area contributed by atoms with Gasteiger partial charge < -0.3 is 5.73 Å². The second kappa shape index (κ2) is 4.94. The van der Waals surface area contributed by atoms with Gasteiger partial charge in [0.15, 0.2) is 0 Å². The van der Waals surface area contributed by atoms with Gasteiger partial charge in [-0.2, -0.15) is 5.10 Å². The van der Waals surface area contributed by atoms with Crippen molar-refractivity contribution < 1.29 is 4.39 Å². The zero-order chi connectivity index (χ0) is 14.1. The SMILES string of the molecule is Nc1cn(-c2ccc(Cl)c(F)c2)nc1-c1ccncc1. The van der Waals surface area contributed by atoms with Gasteiger partial charge in [0.25, 0.3) is 0 Å². The lowest BCUT2D eigenvalue weighted by Gasteiger charge is -2.02. The van der Waals surface area contributed by atoms with Crippen LogP contribution in [0.1, 0.15) is 0 Å². The molecular formula is C14H10ClFN4. The van der Waals surface area contributed by atoms with E-state index < -0.39 is 5.82 Å². The van der Waals surface area contributed by atoms with Crippen molar-refractivity contribution in [1.29, 1.82) is 0 Å². The molecule has 3 rings (SSSR count). The summed E-state index contributed by atoms with van der Waals surface area (Å²) in [6, 6.07) is 8.09. The van der Waals surface area contributed by atoms with Gasteiger partial charge in [0.2, 0.25) is 0 Å². The first-order valence-corrected chi connectivity index (χ1v) is 6.24. The Bertz CT molecular complexity index is 755. The number of nitrogen functional groups attached to an aromatic ring is 1. The second-order valence-electron chi connectivity index (χ2n) is 4.21. The molecule has 1 aromatic carbocycles. The van der Waals surface area contributed by atoms with E-state index in [9.17, 15) is 4.39 Å². The summed E-state index contributed by atoms with van der Waals surface area (Å²) in [4.78, 5) is 3.95. The number of nitrogens with two attached hydrogens (primary N) is 1. The fourth-order valence-corrected chi connectivity index (χ4v) is 2.00. The van der Waals surface area contributed by atoms with Crippen LogP contribution < -0.4 is 5.73 Å². The van der Waals surface area contributed by atoms with Gasteiger partial charge in [-0.25, -0.2) is 9.07 Å². The lowest BCUT2D eigenvalue weighted by atomic mass is 10.2. The first kappa shape index (κ1) is 12.6. The van der Waals surface area contributed by atoms with Gasteiger partial charge in [0, 0.05) is 24.0 Å². The molecule has 0 unspecified atom stereocenters. The van der Waals surface area contributed by atoms with Gasteiger partial charge >= 0.3 is 0 Å². The third kappa shape index (κ3) is 2.23. The molecule has 0 spiro atoms. The van der Waals surface area contributed by atoms with E-state index in [0.29, 0.717) is 17.1 Å². The monoisotopic (exact) mass is 288 g/mol. The molecule has 0 atom stereocenters. The largest absolute Gasteiger partial charge is 0.396 e. The topological polar surface area (TPSA) is 56.7 Å². The molecule has 0 amide bonds. The number of benzene rings is 1. The van der Waals surface area contributed by atoms with Crippen LogP contribution in [-0.2, 0) is 0 Å². The number of nitrogens with zero attached hydrogens (tertiary/aromatic N) is 3. The van der Waals surface area contributed by atoms with Crippen LogP contribution in [0, 0.1) is 5.82 Å². The molecule has 0 saturated carbocycles. The van der Waals surface area contributed by atoms with Gasteiger partial charge in [-0.3, -0.25) is 4.98 Å². The predicted molar refractivity (Wildman–Crippen MR) is 76.2 cm³/mol. The van der Waals surface area contributed by atoms with Gasteiger partial charge in [-0.05, 0) is 24.3 Å². The van der Waals surface area contributed by atoms with Gasteiger partial charge in [-0.15, -0.1) is 0 Å². The molecule has 0 bridgehead atoms. The number of hydrogen-bond donors (Lipinski definition) is 1. The summed E-state index contributed by atoms with van der Waals surface area (Å²) in [5, 5.41) is 4.45. The Morgan fingerprint density at radius 3 is 2.60 bits per heavy atom. The number of hydrogen-bond acceptors (Lipinski definition) is 3. The molecule has 3 aromatic rings. The maximum Gasteiger partial charge on any atom is 0.143 e. The summed E-state index contributed by atoms with van der Waals surface area (Å²) < 4.78 is 15.0. The second-order valence-corrected chi connectivity index (χ2v) is 4.62. The van der Waals surface area contributed by atoms with E-state index >= 15 is 0 Å². The minimum atomic E-state index is -0.497. The van der Waals surface area contributed by atoms with Crippen LogP contribution in [0.15, 0.2) is 48.9 Å². The van der Waals surface area contributed by atoms with Crippen LogP contribution in [0.4, 0.5) is 10.1 Å². The van der Waals surface area contributed by atoms with E-state index in [4.69, 9.17) is 17.3 Å². The Morgan fingerprint density at radius 2 is 1.90 bits per heavy atom. The quantitative estimate of drug-likeness (QED) is 0.787. The highest BCUT2D eigenvalue weighted by atomic mass is 35.5. The van der Waals surface area contributed by atoms with E-state index in [1.54, 1.807) is 24.7 Å². The fourth-order valence-electron chi connectivity index (χ4n) is 1.88. The molecule has 0 radical (unpaired) electrons. The minimum Gasteiger partial charge on any atom is -0.396 e. The van der Waals surface area contributed by atoms with E-state index in [0.717, 1.165) is 5.56 Å². The third-order valence-corrected chi connectivity index (χ3v) is 3.17. The number of anilines is 1. The number of rotatable bonds is 2. The van der Waals surface area contributed by atoms with Crippen molar-refractivity contribution in [3.63, 3.8) is 0 Å². The number of pyridine rings is 1. The van der Waals surface area contributed by atoms with E-state index in [1.165, 1.54) is 16.8 Å². The van der Waals surface area contributed by atoms with Gasteiger partial charge in [-0.1, -0.05) is 11.6 Å². The first-order chi connectivity index (χ1) is 9.65. The van der Waals surface area contributed by atoms with Crippen molar-refractivity contribution in [2.24, 2.45) is 0 Å².